The molecule has 0 aliphatic heterocycles. The number of methoxy groups -OCH3 is 1. The smallest absolute Gasteiger partial charge is 0.322 e. The Hall–Kier alpha value is -1.52. The van der Waals surface area contributed by atoms with E-state index in [0.29, 0.717) is 17.2 Å². The molecular formula is C13H16ClNO3. The van der Waals surface area contributed by atoms with Crippen LogP contribution < -0.4 is 10.5 Å². The Balaban J connectivity index is 2.54. The first-order valence-corrected chi connectivity index (χ1v) is 5.79. The molecule has 18 heavy (non-hydrogen) atoms. The average Bonchev–Trinajstić information content (AvgIpc) is 2.36. The van der Waals surface area contributed by atoms with E-state index in [9.17, 15) is 4.79 Å². The van der Waals surface area contributed by atoms with E-state index in [1.165, 1.54) is 7.11 Å². The van der Waals surface area contributed by atoms with E-state index in [2.05, 4.69) is 11.3 Å². The highest BCUT2D eigenvalue weighted by Crippen LogP contribution is 2.14. The zero-order valence-electron chi connectivity index (χ0n) is 10.2. The molecule has 1 unspecified atom stereocenters. The molecule has 0 amide bonds. The monoisotopic (exact) mass is 269 g/mol. The number of hydrogen-bond acceptors (Lipinski definition) is 4. The summed E-state index contributed by atoms with van der Waals surface area (Å²) in [6.07, 6.45) is 0.426. The molecule has 1 aromatic rings. The van der Waals surface area contributed by atoms with Crippen LogP contribution in [0.1, 0.15) is 5.56 Å². The van der Waals surface area contributed by atoms with Gasteiger partial charge >= 0.3 is 5.97 Å². The van der Waals surface area contributed by atoms with Crippen LogP contribution in [0.25, 0.3) is 0 Å². The topological polar surface area (TPSA) is 61.5 Å². The van der Waals surface area contributed by atoms with Crippen molar-refractivity contribution in [3.05, 3.63) is 41.4 Å². The number of benzene rings is 1. The van der Waals surface area contributed by atoms with Crippen molar-refractivity contribution in [1.82, 2.24) is 0 Å². The van der Waals surface area contributed by atoms with E-state index in [0.717, 1.165) is 5.56 Å². The Morgan fingerprint density at radius 2 is 2.06 bits per heavy atom. The normalized spacial score (nSPS) is 11.7. The maximum absolute atomic E-state index is 11.2. The Morgan fingerprint density at radius 3 is 2.56 bits per heavy atom. The zero-order chi connectivity index (χ0) is 13.5. The van der Waals surface area contributed by atoms with Gasteiger partial charge in [-0.25, -0.2) is 0 Å². The van der Waals surface area contributed by atoms with E-state index in [1.807, 2.05) is 12.1 Å². The molecule has 4 nitrogen and oxygen atoms in total. The van der Waals surface area contributed by atoms with Crippen molar-refractivity contribution >= 4 is 17.6 Å². The fourth-order valence-corrected chi connectivity index (χ4v) is 1.43. The first-order chi connectivity index (χ1) is 8.52. The van der Waals surface area contributed by atoms with Gasteiger partial charge in [-0.1, -0.05) is 30.3 Å². The lowest BCUT2D eigenvalue weighted by Crippen LogP contribution is -2.33. The van der Waals surface area contributed by atoms with Crippen molar-refractivity contribution in [2.75, 3.05) is 13.7 Å². The third kappa shape index (κ3) is 4.77. The van der Waals surface area contributed by atoms with Crippen LogP contribution in [0.15, 0.2) is 35.9 Å². The Kier molecular flexibility index (Phi) is 5.68. The maximum atomic E-state index is 11.2. The highest BCUT2D eigenvalue weighted by Gasteiger charge is 2.13. The van der Waals surface area contributed by atoms with Gasteiger partial charge in [0.15, 0.2) is 0 Å². The second-order valence-electron chi connectivity index (χ2n) is 3.78. The standard InChI is InChI=1S/C13H16ClNO3/c1-9(14)8-18-11-5-3-10(4-6-11)7-12(15)13(16)17-2/h3-6,12H,1,7-8,15H2,2H3. The molecule has 0 bridgehead atoms. The van der Waals surface area contributed by atoms with Crippen LogP contribution in [0.2, 0.25) is 0 Å². The molecule has 1 rings (SSSR count). The number of esters is 1. The molecule has 0 aromatic heterocycles. The minimum absolute atomic E-state index is 0.266. The van der Waals surface area contributed by atoms with E-state index in [1.54, 1.807) is 12.1 Å². The maximum Gasteiger partial charge on any atom is 0.322 e. The van der Waals surface area contributed by atoms with Crippen LogP contribution in [-0.4, -0.2) is 25.7 Å². The summed E-state index contributed by atoms with van der Waals surface area (Å²) < 4.78 is 9.90. The second-order valence-corrected chi connectivity index (χ2v) is 4.32. The van der Waals surface area contributed by atoms with Gasteiger partial charge in [0.25, 0.3) is 0 Å². The van der Waals surface area contributed by atoms with E-state index >= 15 is 0 Å². The fraction of sp³-hybridized carbons (Fsp3) is 0.308. The average molecular weight is 270 g/mol. The lowest BCUT2D eigenvalue weighted by atomic mass is 10.1. The summed E-state index contributed by atoms with van der Waals surface area (Å²) in [5, 5.41) is 0.437. The minimum Gasteiger partial charge on any atom is -0.488 e. The zero-order valence-corrected chi connectivity index (χ0v) is 10.9. The largest absolute Gasteiger partial charge is 0.488 e. The number of ether oxygens (including phenoxy) is 2. The molecule has 0 heterocycles. The third-order valence-corrected chi connectivity index (χ3v) is 2.39. The van der Waals surface area contributed by atoms with Gasteiger partial charge in [-0.15, -0.1) is 0 Å². The minimum atomic E-state index is -0.649. The molecule has 0 fully saturated rings. The summed E-state index contributed by atoms with van der Waals surface area (Å²) in [5.41, 5.74) is 6.60. The number of carbonyl (C=O) groups is 1. The first-order valence-electron chi connectivity index (χ1n) is 5.41. The second kappa shape index (κ2) is 7.03. The van der Waals surface area contributed by atoms with Gasteiger partial charge in [-0.2, -0.15) is 0 Å². The summed E-state index contributed by atoms with van der Waals surface area (Å²) in [4.78, 5) is 11.2. The number of halogens is 1. The van der Waals surface area contributed by atoms with Gasteiger partial charge in [-0.05, 0) is 24.1 Å². The molecule has 2 N–H and O–H groups in total. The number of nitrogens with two attached hydrogens (primary N) is 1. The number of rotatable bonds is 6. The van der Waals surface area contributed by atoms with E-state index < -0.39 is 12.0 Å². The number of carbonyl (C=O) groups excluding carboxylic acids is 1. The molecule has 0 saturated heterocycles. The van der Waals surface area contributed by atoms with Crippen LogP contribution in [0, 0.1) is 0 Å². The molecule has 0 aliphatic rings. The molecule has 0 spiro atoms. The first kappa shape index (κ1) is 14.5. The quantitative estimate of drug-likeness (QED) is 0.801. The summed E-state index contributed by atoms with van der Waals surface area (Å²) in [7, 11) is 1.32. The van der Waals surface area contributed by atoms with Crippen molar-refractivity contribution in [3.8, 4) is 5.75 Å². The Morgan fingerprint density at radius 1 is 1.44 bits per heavy atom. The molecule has 1 atom stereocenters. The molecule has 5 heteroatoms. The van der Waals surface area contributed by atoms with Gasteiger partial charge in [0.05, 0.1) is 7.11 Å². The number of hydrogen-bond donors (Lipinski definition) is 1. The molecule has 0 saturated carbocycles. The molecule has 98 valence electrons. The summed E-state index contributed by atoms with van der Waals surface area (Å²) in [6.45, 7) is 3.79. The third-order valence-electron chi connectivity index (χ3n) is 2.28. The lowest BCUT2D eigenvalue weighted by Gasteiger charge is -2.10. The predicted octanol–water partition coefficient (Wildman–Crippen LogP) is 1.86. The Bertz CT molecular complexity index is 417. The van der Waals surface area contributed by atoms with Crippen LogP contribution in [0.5, 0.6) is 5.75 Å². The van der Waals surface area contributed by atoms with E-state index in [4.69, 9.17) is 22.1 Å². The molecular weight excluding hydrogens is 254 g/mol. The Labute approximate surface area is 111 Å². The molecule has 1 aromatic carbocycles. The van der Waals surface area contributed by atoms with Crippen molar-refractivity contribution in [3.63, 3.8) is 0 Å². The van der Waals surface area contributed by atoms with Crippen LogP contribution in [0.4, 0.5) is 0 Å². The highest BCUT2D eigenvalue weighted by molar-refractivity contribution is 6.29. The van der Waals surface area contributed by atoms with Crippen molar-refractivity contribution in [2.24, 2.45) is 5.73 Å². The highest BCUT2D eigenvalue weighted by atomic mass is 35.5. The van der Waals surface area contributed by atoms with Gasteiger partial charge < -0.3 is 15.2 Å². The molecule has 0 radical (unpaired) electrons. The van der Waals surface area contributed by atoms with Crippen LogP contribution in [0.3, 0.4) is 0 Å². The van der Waals surface area contributed by atoms with Crippen LogP contribution >= 0.6 is 11.6 Å². The SMILES string of the molecule is C=C(Cl)COc1ccc(CC(N)C(=O)OC)cc1. The van der Waals surface area contributed by atoms with Gasteiger partial charge in [0.1, 0.15) is 18.4 Å². The van der Waals surface area contributed by atoms with E-state index in [-0.39, 0.29) is 6.61 Å². The summed E-state index contributed by atoms with van der Waals surface area (Å²) >= 11 is 5.59. The summed E-state index contributed by atoms with van der Waals surface area (Å²) in [5.74, 6) is 0.265. The van der Waals surface area contributed by atoms with Gasteiger partial charge in [0.2, 0.25) is 0 Å². The predicted molar refractivity (Wildman–Crippen MR) is 70.6 cm³/mol. The molecule has 0 aliphatic carbocycles. The van der Waals surface area contributed by atoms with Crippen LogP contribution in [-0.2, 0) is 16.0 Å². The summed E-state index contributed by atoms with van der Waals surface area (Å²) in [6, 6.07) is 6.62. The fourth-order valence-electron chi connectivity index (χ4n) is 1.37. The van der Waals surface area contributed by atoms with Gasteiger partial charge in [0, 0.05) is 5.03 Å². The van der Waals surface area contributed by atoms with Crippen molar-refractivity contribution < 1.29 is 14.3 Å². The lowest BCUT2D eigenvalue weighted by molar-refractivity contribution is -0.142. The van der Waals surface area contributed by atoms with Crippen molar-refractivity contribution in [2.45, 2.75) is 12.5 Å². The van der Waals surface area contributed by atoms with Gasteiger partial charge in [-0.3, -0.25) is 4.79 Å². The van der Waals surface area contributed by atoms with Crippen molar-refractivity contribution in [1.29, 1.82) is 0 Å².